The third-order valence-electron chi connectivity index (χ3n) is 5.20. The summed E-state index contributed by atoms with van der Waals surface area (Å²) in [5.74, 6) is 0.576. The molecule has 3 N–H and O–H groups in total. The third kappa shape index (κ3) is 3.65. The standard InChI is InChI=1S/C21H28N2/c1-16(2)19-9-8-18-10-11-21(15-22,13-20(18)12-19)23-14-17-6-4-3-5-7-17/h3-9,12,16,23H,10-11,13-15,22H2,1-2H3. The predicted octanol–water partition coefficient (Wildman–Crippen LogP) is 3.79. The van der Waals surface area contributed by atoms with Crippen molar-refractivity contribution in [3.63, 3.8) is 0 Å². The molecular formula is C21H28N2. The Morgan fingerprint density at radius 1 is 1.09 bits per heavy atom. The first-order valence-corrected chi connectivity index (χ1v) is 8.73. The summed E-state index contributed by atoms with van der Waals surface area (Å²) in [5.41, 5.74) is 12.0. The Kier molecular flexibility index (Phi) is 4.84. The second-order valence-corrected chi connectivity index (χ2v) is 7.18. The van der Waals surface area contributed by atoms with Crippen LogP contribution in [0.25, 0.3) is 0 Å². The van der Waals surface area contributed by atoms with Crippen LogP contribution >= 0.6 is 0 Å². The maximum absolute atomic E-state index is 6.19. The second-order valence-electron chi connectivity index (χ2n) is 7.18. The number of rotatable bonds is 5. The Morgan fingerprint density at radius 3 is 2.57 bits per heavy atom. The molecule has 1 aliphatic rings. The minimum Gasteiger partial charge on any atom is -0.329 e. The SMILES string of the molecule is CC(C)c1ccc2c(c1)CC(CN)(NCc1ccccc1)CC2. The van der Waals surface area contributed by atoms with Crippen LogP contribution in [-0.2, 0) is 19.4 Å². The molecule has 2 heteroatoms. The normalized spacial score (nSPS) is 20.5. The van der Waals surface area contributed by atoms with Crippen molar-refractivity contribution in [3.05, 3.63) is 70.8 Å². The van der Waals surface area contributed by atoms with E-state index in [9.17, 15) is 0 Å². The van der Waals surface area contributed by atoms with Crippen LogP contribution in [0.5, 0.6) is 0 Å². The van der Waals surface area contributed by atoms with Crippen molar-refractivity contribution in [1.29, 1.82) is 0 Å². The number of aryl methyl sites for hydroxylation is 1. The highest BCUT2D eigenvalue weighted by molar-refractivity contribution is 5.37. The number of benzene rings is 2. The zero-order chi connectivity index (χ0) is 16.3. The Labute approximate surface area is 140 Å². The molecule has 0 saturated heterocycles. The number of nitrogens with one attached hydrogen (secondary N) is 1. The van der Waals surface area contributed by atoms with Gasteiger partial charge in [0.15, 0.2) is 0 Å². The van der Waals surface area contributed by atoms with Crippen LogP contribution in [0, 0.1) is 0 Å². The average molecular weight is 308 g/mol. The maximum atomic E-state index is 6.19. The molecule has 0 aliphatic heterocycles. The smallest absolute Gasteiger partial charge is 0.0350 e. The van der Waals surface area contributed by atoms with Crippen molar-refractivity contribution in [2.75, 3.05) is 6.54 Å². The highest BCUT2D eigenvalue weighted by Gasteiger charge is 2.32. The van der Waals surface area contributed by atoms with Crippen LogP contribution in [0.3, 0.4) is 0 Å². The Bertz CT molecular complexity index is 648. The molecule has 2 nitrogen and oxygen atoms in total. The van der Waals surface area contributed by atoms with Crippen molar-refractivity contribution in [2.45, 2.75) is 51.1 Å². The van der Waals surface area contributed by atoms with E-state index in [-0.39, 0.29) is 5.54 Å². The van der Waals surface area contributed by atoms with Crippen LogP contribution in [0.15, 0.2) is 48.5 Å². The van der Waals surface area contributed by atoms with Gasteiger partial charge in [-0.3, -0.25) is 0 Å². The molecule has 0 radical (unpaired) electrons. The molecule has 0 spiro atoms. The molecule has 1 atom stereocenters. The molecule has 2 aromatic rings. The van der Waals surface area contributed by atoms with E-state index in [0.717, 1.165) is 25.8 Å². The first kappa shape index (κ1) is 16.2. The van der Waals surface area contributed by atoms with Crippen LogP contribution < -0.4 is 11.1 Å². The minimum absolute atomic E-state index is 0.0262. The molecule has 0 bridgehead atoms. The largest absolute Gasteiger partial charge is 0.329 e. The molecule has 0 fully saturated rings. The minimum atomic E-state index is 0.0262. The molecule has 1 aliphatic carbocycles. The maximum Gasteiger partial charge on any atom is 0.0350 e. The number of hydrogen-bond acceptors (Lipinski definition) is 2. The van der Waals surface area contributed by atoms with E-state index in [4.69, 9.17) is 5.73 Å². The van der Waals surface area contributed by atoms with Gasteiger partial charge >= 0.3 is 0 Å². The van der Waals surface area contributed by atoms with E-state index in [2.05, 4.69) is 67.7 Å². The third-order valence-corrected chi connectivity index (χ3v) is 5.20. The molecule has 1 unspecified atom stereocenters. The van der Waals surface area contributed by atoms with E-state index in [1.165, 1.54) is 22.3 Å². The topological polar surface area (TPSA) is 38.0 Å². The number of hydrogen-bond donors (Lipinski definition) is 2. The van der Waals surface area contributed by atoms with Gasteiger partial charge in [0, 0.05) is 18.6 Å². The highest BCUT2D eigenvalue weighted by atomic mass is 15.0. The Balaban J connectivity index is 1.77. The predicted molar refractivity (Wildman–Crippen MR) is 97.6 cm³/mol. The molecule has 0 amide bonds. The molecule has 0 saturated carbocycles. The first-order valence-electron chi connectivity index (χ1n) is 8.73. The highest BCUT2D eigenvalue weighted by Crippen LogP contribution is 2.31. The summed E-state index contributed by atoms with van der Waals surface area (Å²) in [4.78, 5) is 0. The summed E-state index contributed by atoms with van der Waals surface area (Å²) in [7, 11) is 0. The average Bonchev–Trinajstić information content (AvgIpc) is 2.60. The van der Waals surface area contributed by atoms with E-state index in [0.29, 0.717) is 12.5 Å². The van der Waals surface area contributed by atoms with Crippen LogP contribution in [0.1, 0.15) is 48.4 Å². The first-order chi connectivity index (χ1) is 11.1. The summed E-state index contributed by atoms with van der Waals surface area (Å²) in [6.07, 6.45) is 3.27. The number of fused-ring (bicyclic) bond motifs is 1. The van der Waals surface area contributed by atoms with Gasteiger partial charge < -0.3 is 11.1 Å². The van der Waals surface area contributed by atoms with E-state index >= 15 is 0 Å². The zero-order valence-corrected chi connectivity index (χ0v) is 14.3. The fourth-order valence-corrected chi connectivity index (χ4v) is 3.52. The quantitative estimate of drug-likeness (QED) is 0.882. The fraction of sp³-hybridized carbons (Fsp3) is 0.429. The van der Waals surface area contributed by atoms with E-state index < -0.39 is 0 Å². The number of nitrogens with two attached hydrogens (primary N) is 1. The summed E-state index contributed by atoms with van der Waals surface area (Å²) >= 11 is 0. The molecule has 2 aromatic carbocycles. The molecule has 122 valence electrons. The van der Waals surface area contributed by atoms with Gasteiger partial charge in [0.25, 0.3) is 0 Å². The van der Waals surface area contributed by atoms with Crippen molar-refractivity contribution >= 4 is 0 Å². The molecule has 0 aromatic heterocycles. The fourth-order valence-electron chi connectivity index (χ4n) is 3.52. The van der Waals surface area contributed by atoms with Crippen LogP contribution in [0.4, 0.5) is 0 Å². The second kappa shape index (κ2) is 6.86. The van der Waals surface area contributed by atoms with Gasteiger partial charge in [0.2, 0.25) is 0 Å². The van der Waals surface area contributed by atoms with Gasteiger partial charge in [0.05, 0.1) is 0 Å². The van der Waals surface area contributed by atoms with Crippen LogP contribution in [-0.4, -0.2) is 12.1 Å². The lowest BCUT2D eigenvalue weighted by molar-refractivity contribution is 0.291. The molecular weight excluding hydrogens is 280 g/mol. The zero-order valence-electron chi connectivity index (χ0n) is 14.3. The van der Waals surface area contributed by atoms with Crippen molar-refractivity contribution in [2.24, 2.45) is 5.73 Å². The lowest BCUT2D eigenvalue weighted by atomic mass is 9.77. The van der Waals surface area contributed by atoms with Gasteiger partial charge in [-0.05, 0) is 47.4 Å². The van der Waals surface area contributed by atoms with Gasteiger partial charge in [-0.25, -0.2) is 0 Å². The lowest BCUT2D eigenvalue weighted by Gasteiger charge is -2.39. The van der Waals surface area contributed by atoms with Gasteiger partial charge in [-0.2, -0.15) is 0 Å². The van der Waals surface area contributed by atoms with E-state index in [1.807, 2.05) is 0 Å². The van der Waals surface area contributed by atoms with Gasteiger partial charge in [-0.1, -0.05) is 62.4 Å². The van der Waals surface area contributed by atoms with E-state index in [1.54, 1.807) is 0 Å². The molecule has 23 heavy (non-hydrogen) atoms. The van der Waals surface area contributed by atoms with Crippen LogP contribution in [0.2, 0.25) is 0 Å². The monoisotopic (exact) mass is 308 g/mol. The van der Waals surface area contributed by atoms with Gasteiger partial charge in [-0.15, -0.1) is 0 Å². The van der Waals surface area contributed by atoms with Gasteiger partial charge in [0.1, 0.15) is 0 Å². The summed E-state index contributed by atoms with van der Waals surface area (Å²) in [5, 5.41) is 3.77. The Hall–Kier alpha value is -1.64. The van der Waals surface area contributed by atoms with Crippen molar-refractivity contribution < 1.29 is 0 Å². The van der Waals surface area contributed by atoms with Crippen molar-refractivity contribution in [3.8, 4) is 0 Å². The molecule has 0 heterocycles. The summed E-state index contributed by atoms with van der Waals surface area (Å²) < 4.78 is 0. The van der Waals surface area contributed by atoms with Crippen molar-refractivity contribution in [1.82, 2.24) is 5.32 Å². The molecule has 3 rings (SSSR count). The summed E-state index contributed by atoms with van der Waals surface area (Å²) in [6.45, 7) is 6.09. The summed E-state index contributed by atoms with van der Waals surface area (Å²) in [6, 6.07) is 17.6. The Morgan fingerprint density at radius 2 is 1.87 bits per heavy atom. The lowest BCUT2D eigenvalue weighted by Crippen LogP contribution is -2.54.